The van der Waals surface area contributed by atoms with E-state index in [4.69, 9.17) is 5.11 Å². The summed E-state index contributed by atoms with van der Waals surface area (Å²) in [6.07, 6.45) is 1.66. The number of carboxylic acids is 1. The van der Waals surface area contributed by atoms with E-state index in [-0.39, 0.29) is 0 Å². The Morgan fingerprint density at radius 2 is 2.12 bits per heavy atom. The average Bonchev–Trinajstić information content (AvgIpc) is 2.76. The maximum atomic E-state index is 11.1. The predicted octanol–water partition coefficient (Wildman–Crippen LogP) is 2.41. The van der Waals surface area contributed by atoms with Crippen LogP contribution in [0.1, 0.15) is 10.4 Å². The lowest BCUT2D eigenvalue weighted by molar-refractivity contribution is 0.0699. The summed E-state index contributed by atoms with van der Waals surface area (Å²) in [5.74, 6) is -0.917. The minimum absolute atomic E-state index is 0.310. The number of nitrogens with zero attached hydrogens (tertiary/aromatic N) is 1. The minimum atomic E-state index is -0.917. The van der Waals surface area contributed by atoms with E-state index in [1.807, 2.05) is 18.2 Å². The van der Waals surface area contributed by atoms with Gasteiger partial charge in [0.05, 0.1) is 17.3 Å². The van der Waals surface area contributed by atoms with Gasteiger partial charge < -0.3 is 5.11 Å². The number of aromatic carboxylic acids is 1. The van der Waals surface area contributed by atoms with E-state index >= 15 is 0 Å². The molecule has 2 N–H and O–H groups in total. The topological polar surface area (TPSA) is 66.0 Å². The summed E-state index contributed by atoms with van der Waals surface area (Å²) in [6, 6.07) is 9.04. The zero-order valence-electron chi connectivity index (χ0n) is 8.27. The lowest BCUT2D eigenvalue weighted by Crippen LogP contribution is -1.97. The van der Waals surface area contributed by atoms with Gasteiger partial charge in [-0.05, 0) is 17.5 Å². The third-order valence-corrected chi connectivity index (χ3v) is 2.69. The molecular formula is C12H8N2O2. The number of carboxylic acid groups (broad SMARTS) is 1. The Labute approximate surface area is 90.5 Å². The van der Waals surface area contributed by atoms with Crippen LogP contribution in [0.4, 0.5) is 0 Å². The van der Waals surface area contributed by atoms with Crippen molar-refractivity contribution in [2.24, 2.45) is 0 Å². The third kappa shape index (κ3) is 1.10. The summed E-state index contributed by atoms with van der Waals surface area (Å²) in [5.41, 5.74) is 1.16. The van der Waals surface area contributed by atoms with E-state index in [2.05, 4.69) is 10.2 Å². The molecule has 3 aromatic rings. The number of hydrogen-bond donors (Lipinski definition) is 2. The molecule has 2 aromatic carbocycles. The first-order valence-corrected chi connectivity index (χ1v) is 4.85. The van der Waals surface area contributed by atoms with Gasteiger partial charge in [-0.25, -0.2) is 4.79 Å². The first-order chi connectivity index (χ1) is 7.77. The van der Waals surface area contributed by atoms with Crippen LogP contribution in [0.25, 0.3) is 21.7 Å². The molecule has 0 spiro atoms. The summed E-state index contributed by atoms with van der Waals surface area (Å²) in [7, 11) is 0. The van der Waals surface area contributed by atoms with Gasteiger partial charge in [0.25, 0.3) is 0 Å². The highest BCUT2D eigenvalue weighted by Crippen LogP contribution is 2.26. The predicted molar refractivity (Wildman–Crippen MR) is 60.6 cm³/mol. The molecule has 0 aliphatic rings. The fraction of sp³-hybridized carbons (Fsp3) is 0. The molecule has 3 rings (SSSR count). The van der Waals surface area contributed by atoms with Crippen LogP contribution in [0.3, 0.4) is 0 Å². The van der Waals surface area contributed by atoms with E-state index in [0.717, 1.165) is 21.7 Å². The molecule has 4 heteroatoms. The van der Waals surface area contributed by atoms with E-state index in [1.54, 1.807) is 18.3 Å². The van der Waals surface area contributed by atoms with Crippen molar-refractivity contribution in [3.8, 4) is 0 Å². The maximum absolute atomic E-state index is 11.1. The van der Waals surface area contributed by atoms with Gasteiger partial charge in [-0.15, -0.1) is 0 Å². The van der Waals surface area contributed by atoms with Crippen molar-refractivity contribution in [1.29, 1.82) is 0 Å². The molecule has 0 saturated carbocycles. The van der Waals surface area contributed by atoms with E-state index in [0.29, 0.717) is 5.56 Å². The summed E-state index contributed by atoms with van der Waals surface area (Å²) < 4.78 is 0. The highest BCUT2D eigenvalue weighted by Gasteiger charge is 2.11. The first kappa shape index (κ1) is 8.91. The van der Waals surface area contributed by atoms with E-state index in [1.165, 1.54) is 0 Å². The number of rotatable bonds is 1. The van der Waals surface area contributed by atoms with Gasteiger partial charge in [0.15, 0.2) is 0 Å². The number of H-pyrrole nitrogens is 1. The molecule has 0 bridgehead atoms. The average molecular weight is 212 g/mol. The molecule has 0 unspecified atom stereocenters. The van der Waals surface area contributed by atoms with E-state index < -0.39 is 5.97 Å². The molecule has 0 radical (unpaired) electrons. The Bertz CT molecular complexity index is 700. The van der Waals surface area contributed by atoms with Gasteiger partial charge in [-0.1, -0.05) is 18.2 Å². The number of nitrogens with one attached hydrogen (secondary N) is 1. The zero-order chi connectivity index (χ0) is 11.1. The summed E-state index contributed by atoms with van der Waals surface area (Å²) in [4.78, 5) is 11.1. The molecule has 1 heterocycles. The van der Waals surface area contributed by atoms with Crippen molar-refractivity contribution in [3.63, 3.8) is 0 Å². The van der Waals surface area contributed by atoms with Crippen LogP contribution in [0, 0.1) is 0 Å². The van der Waals surface area contributed by atoms with Crippen LogP contribution >= 0.6 is 0 Å². The number of aromatic amines is 1. The van der Waals surface area contributed by atoms with Gasteiger partial charge in [-0.3, -0.25) is 5.10 Å². The molecule has 0 amide bonds. The van der Waals surface area contributed by atoms with Crippen LogP contribution in [-0.4, -0.2) is 21.3 Å². The standard InChI is InChI=1S/C12H8N2O2/c15-12(16)8-3-1-2-7-4-5-10-9(11(7)8)6-13-14-10/h1-6H,(H,13,14)(H,15,16). The molecule has 0 atom stereocenters. The molecule has 16 heavy (non-hydrogen) atoms. The molecule has 0 saturated heterocycles. The van der Waals surface area contributed by atoms with E-state index in [9.17, 15) is 4.79 Å². The third-order valence-electron chi connectivity index (χ3n) is 2.69. The van der Waals surface area contributed by atoms with Crippen molar-refractivity contribution in [2.45, 2.75) is 0 Å². The molecule has 78 valence electrons. The Morgan fingerprint density at radius 1 is 1.25 bits per heavy atom. The van der Waals surface area contributed by atoms with Crippen molar-refractivity contribution in [3.05, 3.63) is 42.1 Å². The quantitative estimate of drug-likeness (QED) is 0.651. The second-order valence-electron chi connectivity index (χ2n) is 3.61. The van der Waals surface area contributed by atoms with Gasteiger partial charge in [-0.2, -0.15) is 5.10 Å². The van der Waals surface area contributed by atoms with Crippen molar-refractivity contribution in [2.75, 3.05) is 0 Å². The Hall–Kier alpha value is -2.36. The molecule has 0 fully saturated rings. The van der Waals surface area contributed by atoms with Crippen LogP contribution < -0.4 is 0 Å². The van der Waals surface area contributed by atoms with Gasteiger partial charge in [0.1, 0.15) is 0 Å². The van der Waals surface area contributed by atoms with Crippen molar-refractivity contribution >= 4 is 27.6 Å². The minimum Gasteiger partial charge on any atom is -0.478 e. The lowest BCUT2D eigenvalue weighted by atomic mass is 10.0. The second kappa shape index (κ2) is 3.06. The fourth-order valence-electron chi connectivity index (χ4n) is 1.98. The van der Waals surface area contributed by atoms with Crippen molar-refractivity contribution in [1.82, 2.24) is 10.2 Å². The largest absolute Gasteiger partial charge is 0.478 e. The second-order valence-corrected chi connectivity index (χ2v) is 3.61. The first-order valence-electron chi connectivity index (χ1n) is 4.85. The number of benzene rings is 2. The number of carbonyl (C=O) groups is 1. The normalized spacial score (nSPS) is 11.0. The monoisotopic (exact) mass is 212 g/mol. The molecule has 0 aliphatic heterocycles. The maximum Gasteiger partial charge on any atom is 0.336 e. The number of fused-ring (bicyclic) bond motifs is 3. The Kier molecular flexibility index (Phi) is 1.71. The zero-order valence-corrected chi connectivity index (χ0v) is 8.27. The van der Waals surface area contributed by atoms with Gasteiger partial charge in [0, 0.05) is 10.8 Å². The Balaban J connectivity index is 2.59. The highest BCUT2D eigenvalue weighted by atomic mass is 16.4. The summed E-state index contributed by atoms with van der Waals surface area (Å²) in [5, 5.41) is 18.4. The summed E-state index contributed by atoms with van der Waals surface area (Å²) in [6.45, 7) is 0. The summed E-state index contributed by atoms with van der Waals surface area (Å²) >= 11 is 0. The smallest absolute Gasteiger partial charge is 0.336 e. The van der Waals surface area contributed by atoms with Crippen LogP contribution in [-0.2, 0) is 0 Å². The number of aromatic nitrogens is 2. The van der Waals surface area contributed by atoms with Crippen LogP contribution in [0.5, 0.6) is 0 Å². The number of hydrogen-bond acceptors (Lipinski definition) is 2. The molecular weight excluding hydrogens is 204 g/mol. The fourth-order valence-corrected chi connectivity index (χ4v) is 1.98. The highest BCUT2D eigenvalue weighted by molar-refractivity contribution is 6.15. The van der Waals surface area contributed by atoms with Crippen LogP contribution in [0.2, 0.25) is 0 Å². The van der Waals surface area contributed by atoms with Gasteiger partial charge in [0.2, 0.25) is 0 Å². The van der Waals surface area contributed by atoms with Gasteiger partial charge >= 0.3 is 5.97 Å². The lowest BCUT2D eigenvalue weighted by Gasteiger charge is -2.03. The van der Waals surface area contributed by atoms with Crippen molar-refractivity contribution < 1.29 is 9.90 Å². The molecule has 4 nitrogen and oxygen atoms in total. The Morgan fingerprint density at radius 3 is 2.94 bits per heavy atom. The molecule has 1 aromatic heterocycles. The van der Waals surface area contributed by atoms with Crippen LogP contribution in [0.15, 0.2) is 36.5 Å². The SMILES string of the molecule is O=C(O)c1cccc2ccc3[nH]ncc3c12. The molecule has 0 aliphatic carbocycles.